The van der Waals surface area contributed by atoms with Crippen LogP contribution in [0.3, 0.4) is 0 Å². The van der Waals surface area contributed by atoms with Gasteiger partial charge in [0, 0.05) is 28.5 Å². The number of hydrogen-bond donors (Lipinski definition) is 2. The highest BCUT2D eigenvalue weighted by Crippen LogP contribution is 2.43. The Balaban J connectivity index is 1.89. The minimum absolute atomic E-state index is 0.0779. The number of carbonyl (C=O) groups is 2. The number of amides is 1. The molecular formula is C25H29F3IN3O3. The number of esters is 1. The Kier molecular flexibility index (Phi) is 8.05. The van der Waals surface area contributed by atoms with Crippen molar-refractivity contribution in [2.75, 3.05) is 25.0 Å². The lowest BCUT2D eigenvalue weighted by atomic mass is 9.69. The Labute approximate surface area is 216 Å². The van der Waals surface area contributed by atoms with Crippen LogP contribution in [0.1, 0.15) is 45.0 Å². The second kappa shape index (κ2) is 10.3. The summed E-state index contributed by atoms with van der Waals surface area (Å²) in [6, 6.07) is 6.44. The topological polar surface area (TPSA) is 70.7 Å². The van der Waals surface area contributed by atoms with Crippen molar-refractivity contribution in [1.29, 1.82) is 0 Å². The van der Waals surface area contributed by atoms with Crippen molar-refractivity contribution >= 4 is 45.8 Å². The van der Waals surface area contributed by atoms with Gasteiger partial charge < -0.3 is 20.3 Å². The zero-order chi connectivity index (χ0) is 26.1. The number of anilines is 2. The minimum Gasteiger partial charge on any atom is -0.455 e. The molecule has 10 heteroatoms. The normalized spacial score (nSPS) is 15.1. The molecule has 0 aromatic heterocycles. The fourth-order valence-corrected chi connectivity index (χ4v) is 4.44. The number of ether oxygens (including phenoxy) is 1. The van der Waals surface area contributed by atoms with Gasteiger partial charge >= 0.3 is 5.97 Å². The molecule has 0 bridgehead atoms. The lowest BCUT2D eigenvalue weighted by Crippen LogP contribution is -2.72. The summed E-state index contributed by atoms with van der Waals surface area (Å²) < 4.78 is 49.6. The van der Waals surface area contributed by atoms with E-state index in [-0.39, 0.29) is 30.4 Å². The second-order valence-corrected chi connectivity index (χ2v) is 10.9. The van der Waals surface area contributed by atoms with Crippen LogP contribution >= 0.6 is 22.6 Å². The molecule has 2 aromatic carbocycles. The van der Waals surface area contributed by atoms with Gasteiger partial charge in [-0.3, -0.25) is 9.59 Å². The van der Waals surface area contributed by atoms with Crippen LogP contribution in [0.5, 0.6) is 0 Å². The van der Waals surface area contributed by atoms with Gasteiger partial charge in [0.1, 0.15) is 5.82 Å². The number of benzene rings is 2. The molecule has 1 heterocycles. The highest BCUT2D eigenvalue weighted by molar-refractivity contribution is 14.1. The summed E-state index contributed by atoms with van der Waals surface area (Å²) in [6.45, 7) is 9.88. The summed E-state index contributed by atoms with van der Waals surface area (Å²) in [6.07, 6.45) is 0. The Morgan fingerprint density at radius 3 is 2.37 bits per heavy atom. The molecule has 1 amide bonds. The van der Waals surface area contributed by atoms with E-state index in [0.717, 1.165) is 12.1 Å². The Morgan fingerprint density at radius 1 is 1.14 bits per heavy atom. The smallest absolute Gasteiger partial charge is 0.303 e. The molecule has 2 aromatic rings. The molecule has 2 N–H and O–H groups in total. The maximum absolute atomic E-state index is 14.8. The van der Waals surface area contributed by atoms with Crippen molar-refractivity contribution in [2.45, 2.75) is 46.3 Å². The van der Waals surface area contributed by atoms with E-state index < -0.39 is 46.0 Å². The number of hydrogen-bond acceptors (Lipinski definition) is 5. The first kappa shape index (κ1) is 27.3. The summed E-state index contributed by atoms with van der Waals surface area (Å²) >= 11 is 1.93. The summed E-state index contributed by atoms with van der Waals surface area (Å²) in [5.41, 5.74) is -2.19. The minimum atomic E-state index is -1.29. The Morgan fingerprint density at radius 2 is 1.80 bits per heavy atom. The van der Waals surface area contributed by atoms with E-state index in [1.54, 1.807) is 6.07 Å². The number of carbonyl (C=O) groups excluding carboxylic acids is 2. The zero-order valence-electron chi connectivity index (χ0n) is 20.3. The van der Waals surface area contributed by atoms with Crippen molar-refractivity contribution < 1.29 is 27.5 Å². The molecule has 0 aliphatic carbocycles. The SMILES string of the molecule is CC(=O)OC1(C(C)(C)CNC(C)C)CN(C(=O)c2ccc(F)c(F)c2Nc2ccc(I)cc2F)C1. The molecule has 1 aliphatic heterocycles. The molecule has 6 nitrogen and oxygen atoms in total. The number of rotatable bonds is 8. The van der Waals surface area contributed by atoms with Crippen molar-refractivity contribution in [3.05, 3.63) is 56.9 Å². The quantitative estimate of drug-likeness (QED) is 0.320. The monoisotopic (exact) mass is 603 g/mol. The highest BCUT2D eigenvalue weighted by atomic mass is 127. The van der Waals surface area contributed by atoms with Gasteiger partial charge in [-0.15, -0.1) is 0 Å². The summed E-state index contributed by atoms with van der Waals surface area (Å²) in [7, 11) is 0. The largest absolute Gasteiger partial charge is 0.455 e. The van der Waals surface area contributed by atoms with Crippen LogP contribution in [0.4, 0.5) is 24.5 Å². The summed E-state index contributed by atoms with van der Waals surface area (Å²) in [5.74, 6) is -4.20. The average Bonchev–Trinajstić information content (AvgIpc) is 2.73. The Bertz CT molecular complexity index is 1130. The molecule has 0 spiro atoms. The second-order valence-electron chi connectivity index (χ2n) is 9.70. The zero-order valence-corrected chi connectivity index (χ0v) is 22.4. The van der Waals surface area contributed by atoms with Gasteiger partial charge in [-0.2, -0.15) is 0 Å². The molecule has 0 saturated carbocycles. The van der Waals surface area contributed by atoms with Crippen LogP contribution in [0.25, 0.3) is 0 Å². The third kappa shape index (κ3) is 5.74. The van der Waals surface area contributed by atoms with E-state index in [1.165, 1.54) is 24.0 Å². The van der Waals surface area contributed by atoms with Gasteiger partial charge in [-0.05, 0) is 52.9 Å². The molecule has 1 fully saturated rings. The lowest BCUT2D eigenvalue weighted by Gasteiger charge is -2.56. The van der Waals surface area contributed by atoms with E-state index in [2.05, 4.69) is 10.6 Å². The molecule has 35 heavy (non-hydrogen) atoms. The van der Waals surface area contributed by atoms with Crippen LogP contribution in [0, 0.1) is 26.4 Å². The maximum Gasteiger partial charge on any atom is 0.303 e. The van der Waals surface area contributed by atoms with Gasteiger partial charge in [0.15, 0.2) is 17.2 Å². The standard InChI is InChI=1S/C25H29F3IN3O3/c1-14(2)30-11-24(4,5)25(35-15(3)33)12-32(13-25)23(34)17-7-8-18(26)21(28)22(17)31-20-9-6-16(29)10-19(20)27/h6-10,14,30-31H,11-13H2,1-5H3. The number of halogens is 4. The molecule has 3 rings (SSSR count). The molecule has 1 saturated heterocycles. The van der Waals surface area contributed by atoms with Crippen molar-refractivity contribution in [2.24, 2.45) is 5.41 Å². The Hall–Kier alpha value is -2.34. The van der Waals surface area contributed by atoms with E-state index in [9.17, 15) is 22.8 Å². The predicted octanol–water partition coefficient (Wildman–Crippen LogP) is 5.23. The van der Waals surface area contributed by atoms with Crippen LogP contribution in [0.15, 0.2) is 30.3 Å². The van der Waals surface area contributed by atoms with E-state index in [1.807, 2.05) is 50.3 Å². The number of nitrogens with one attached hydrogen (secondary N) is 2. The van der Waals surface area contributed by atoms with Gasteiger partial charge in [0.2, 0.25) is 0 Å². The summed E-state index contributed by atoms with van der Waals surface area (Å²) in [5, 5.41) is 5.88. The first-order valence-electron chi connectivity index (χ1n) is 11.2. The van der Waals surface area contributed by atoms with E-state index in [4.69, 9.17) is 4.74 Å². The third-order valence-corrected chi connectivity index (χ3v) is 6.89. The lowest BCUT2D eigenvalue weighted by molar-refractivity contribution is -0.200. The van der Waals surface area contributed by atoms with E-state index in [0.29, 0.717) is 10.1 Å². The number of likely N-dealkylation sites (tertiary alicyclic amines) is 1. The fourth-order valence-electron chi connectivity index (χ4n) is 3.99. The fraction of sp³-hybridized carbons (Fsp3) is 0.440. The predicted molar refractivity (Wildman–Crippen MR) is 136 cm³/mol. The van der Waals surface area contributed by atoms with Gasteiger partial charge in [-0.1, -0.05) is 27.7 Å². The van der Waals surface area contributed by atoms with Gasteiger partial charge in [0.05, 0.1) is 30.0 Å². The van der Waals surface area contributed by atoms with Crippen molar-refractivity contribution in [1.82, 2.24) is 10.2 Å². The van der Waals surface area contributed by atoms with Crippen LogP contribution in [-0.2, 0) is 9.53 Å². The maximum atomic E-state index is 14.8. The van der Waals surface area contributed by atoms with Crippen LogP contribution < -0.4 is 10.6 Å². The highest BCUT2D eigenvalue weighted by Gasteiger charge is 2.57. The molecule has 190 valence electrons. The van der Waals surface area contributed by atoms with Crippen LogP contribution in [0.2, 0.25) is 0 Å². The average molecular weight is 603 g/mol. The summed E-state index contributed by atoms with van der Waals surface area (Å²) in [4.78, 5) is 26.7. The number of nitrogens with zero attached hydrogens (tertiary/aromatic N) is 1. The molecular weight excluding hydrogens is 574 g/mol. The van der Waals surface area contributed by atoms with Crippen LogP contribution in [-0.4, -0.2) is 48.1 Å². The first-order chi connectivity index (χ1) is 16.3. The van der Waals surface area contributed by atoms with E-state index >= 15 is 0 Å². The van der Waals surface area contributed by atoms with Crippen molar-refractivity contribution in [3.63, 3.8) is 0 Å². The van der Waals surface area contributed by atoms with Crippen molar-refractivity contribution in [3.8, 4) is 0 Å². The third-order valence-electron chi connectivity index (χ3n) is 6.22. The van der Waals surface area contributed by atoms with Gasteiger partial charge in [-0.25, -0.2) is 13.2 Å². The molecule has 1 aliphatic rings. The first-order valence-corrected chi connectivity index (χ1v) is 12.3. The molecule has 0 atom stereocenters. The molecule has 0 radical (unpaired) electrons. The molecule has 0 unspecified atom stereocenters. The van der Waals surface area contributed by atoms with Gasteiger partial charge in [0.25, 0.3) is 5.91 Å².